The van der Waals surface area contributed by atoms with Gasteiger partial charge in [0.05, 0.1) is 5.69 Å². The molecule has 0 N–H and O–H groups in total. The highest BCUT2D eigenvalue weighted by Gasteiger charge is 2.35. The Kier molecular flexibility index (Phi) is 6.75. The van der Waals surface area contributed by atoms with Crippen molar-refractivity contribution in [1.29, 1.82) is 0 Å². The van der Waals surface area contributed by atoms with Gasteiger partial charge < -0.3 is 4.90 Å². The Morgan fingerprint density at radius 1 is 1.00 bits per heavy atom. The smallest absolute Gasteiger partial charge is 0.283 e. The number of hydrogen-bond donors (Lipinski definition) is 0. The summed E-state index contributed by atoms with van der Waals surface area (Å²) < 4.78 is 0. The van der Waals surface area contributed by atoms with Crippen molar-refractivity contribution < 1.29 is 4.79 Å². The molecule has 0 unspecified atom stereocenters. The maximum Gasteiger partial charge on any atom is 0.283 e. The maximum absolute atomic E-state index is 13.4. The molecule has 4 nitrogen and oxygen atoms in total. The molecule has 3 rings (SSSR count). The molecule has 2 aromatic rings. The van der Waals surface area contributed by atoms with Gasteiger partial charge in [-0.05, 0) is 41.7 Å². The molecular weight excluding hydrogens is 382 g/mol. The highest BCUT2D eigenvalue weighted by atomic mass is 35.5. The van der Waals surface area contributed by atoms with Gasteiger partial charge in [-0.3, -0.25) is 4.79 Å². The summed E-state index contributed by atoms with van der Waals surface area (Å²) in [5.74, 6) is 1.41. The average Bonchev–Trinajstić information content (AvgIpc) is 2.97. The predicted molar refractivity (Wildman–Crippen MR) is 122 cm³/mol. The van der Waals surface area contributed by atoms with E-state index in [9.17, 15) is 4.79 Å². The molecule has 0 saturated carbocycles. The molecule has 5 heteroatoms. The quantitative estimate of drug-likeness (QED) is 0.574. The molecule has 0 radical (unpaired) electrons. The summed E-state index contributed by atoms with van der Waals surface area (Å²) in [5.41, 5.74) is 2.12. The van der Waals surface area contributed by atoms with Crippen molar-refractivity contribution >= 4 is 35.2 Å². The molecular formula is C24H28ClN3O. The minimum absolute atomic E-state index is 0.136. The van der Waals surface area contributed by atoms with Crippen molar-refractivity contribution in [2.75, 3.05) is 18.0 Å². The van der Waals surface area contributed by atoms with E-state index in [-0.39, 0.29) is 5.91 Å². The first-order chi connectivity index (χ1) is 13.8. The van der Waals surface area contributed by atoms with Gasteiger partial charge in [0.25, 0.3) is 5.91 Å². The topological polar surface area (TPSA) is 35.9 Å². The summed E-state index contributed by atoms with van der Waals surface area (Å²) in [5, 5.41) is 0.592. The number of anilines is 1. The summed E-state index contributed by atoms with van der Waals surface area (Å²) in [7, 11) is 0. The molecule has 0 bridgehead atoms. The van der Waals surface area contributed by atoms with Gasteiger partial charge in [-0.1, -0.05) is 75.7 Å². The summed E-state index contributed by atoms with van der Waals surface area (Å²) in [6, 6.07) is 17.2. The second-order valence-corrected chi connectivity index (χ2v) is 8.60. The van der Waals surface area contributed by atoms with E-state index in [2.05, 4.69) is 32.6 Å². The number of guanidine groups is 1. The second kappa shape index (κ2) is 9.27. The second-order valence-electron chi connectivity index (χ2n) is 8.17. The molecule has 0 spiro atoms. The number of aliphatic imine (C=N–C) groups is 1. The fourth-order valence-electron chi connectivity index (χ4n) is 3.39. The van der Waals surface area contributed by atoms with Crippen LogP contribution in [0.2, 0.25) is 5.02 Å². The zero-order valence-corrected chi connectivity index (χ0v) is 18.2. The molecule has 29 heavy (non-hydrogen) atoms. The molecule has 0 aliphatic carbocycles. The Balaban J connectivity index is 2.08. The Morgan fingerprint density at radius 2 is 1.66 bits per heavy atom. The third-order valence-electron chi connectivity index (χ3n) is 4.47. The predicted octanol–water partition coefficient (Wildman–Crippen LogP) is 5.70. The molecule has 1 amide bonds. The summed E-state index contributed by atoms with van der Waals surface area (Å²) in [6.07, 6.45) is 1.84. The Morgan fingerprint density at radius 3 is 2.24 bits per heavy atom. The van der Waals surface area contributed by atoms with Crippen LogP contribution in [0.25, 0.3) is 6.08 Å². The van der Waals surface area contributed by atoms with E-state index in [1.807, 2.05) is 60.7 Å². The van der Waals surface area contributed by atoms with E-state index >= 15 is 0 Å². The first kappa shape index (κ1) is 21.1. The first-order valence-electron chi connectivity index (χ1n) is 10.1. The molecule has 1 heterocycles. The molecule has 0 saturated heterocycles. The van der Waals surface area contributed by atoms with Crippen LogP contribution >= 0.6 is 11.6 Å². The van der Waals surface area contributed by atoms with Crippen molar-refractivity contribution in [3.05, 3.63) is 70.9 Å². The molecule has 1 aliphatic rings. The van der Waals surface area contributed by atoms with Crippen molar-refractivity contribution in [3.8, 4) is 0 Å². The van der Waals surface area contributed by atoms with E-state index in [4.69, 9.17) is 16.6 Å². The van der Waals surface area contributed by atoms with Crippen LogP contribution in [0.3, 0.4) is 0 Å². The number of nitrogens with zero attached hydrogens (tertiary/aromatic N) is 3. The average molecular weight is 410 g/mol. The lowest BCUT2D eigenvalue weighted by Crippen LogP contribution is -2.47. The van der Waals surface area contributed by atoms with Crippen molar-refractivity contribution in [2.24, 2.45) is 16.8 Å². The van der Waals surface area contributed by atoms with E-state index in [1.54, 1.807) is 4.90 Å². The molecule has 0 aromatic heterocycles. The minimum atomic E-state index is -0.136. The van der Waals surface area contributed by atoms with Crippen molar-refractivity contribution in [2.45, 2.75) is 27.7 Å². The SMILES string of the molecule is CC(C)CN(CC(C)C)C1=NC(=Cc2ccccc2)C(=O)N1c1cccc(Cl)c1. The van der Waals surface area contributed by atoms with Gasteiger partial charge in [0.1, 0.15) is 5.70 Å². The first-order valence-corrected chi connectivity index (χ1v) is 10.4. The number of hydrogen-bond acceptors (Lipinski definition) is 3. The number of benzene rings is 2. The third kappa shape index (κ3) is 5.27. The monoisotopic (exact) mass is 409 g/mol. The lowest BCUT2D eigenvalue weighted by molar-refractivity contribution is -0.113. The fraction of sp³-hybridized carbons (Fsp3) is 0.333. The van der Waals surface area contributed by atoms with Crippen molar-refractivity contribution in [3.63, 3.8) is 0 Å². The normalized spacial score (nSPS) is 15.6. The Hall–Kier alpha value is -2.59. The molecule has 152 valence electrons. The van der Waals surface area contributed by atoms with Crippen LogP contribution < -0.4 is 4.90 Å². The van der Waals surface area contributed by atoms with Crippen LogP contribution in [-0.4, -0.2) is 29.9 Å². The number of carbonyl (C=O) groups is 1. The third-order valence-corrected chi connectivity index (χ3v) is 4.70. The van der Waals surface area contributed by atoms with Gasteiger partial charge in [0.15, 0.2) is 0 Å². The number of halogens is 1. The highest BCUT2D eigenvalue weighted by molar-refractivity contribution is 6.32. The lowest BCUT2D eigenvalue weighted by Gasteiger charge is -2.32. The van der Waals surface area contributed by atoms with Crippen LogP contribution in [-0.2, 0) is 4.79 Å². The standard InChI is InChI=1S/C24H28ClN3O/c1-17(2)15-27(16-18(3)4)24-26-22(13-19-9-6-5-7-10-19)23(29)28(24)21-12-8-11-20(25)14-21/h5-14,17-18H,15-16H2,1-4H3. The minimum Gasteiger partial charge on any atom is -0.341 e. The van der Waals surface area contributed by atoms with E-state index in [0.29, 0.717) is 28.5 Å². The fourth-order valence-corrected chi connectivity index (χ4v) is 3.58. The summed E-state index contributed by atoms with van der Waals surface area (Å²) in [4.78, 5) is 22.1. The highest BCUT2D eigenvalue weighted by Crippen LogP contribution is 2.29. The van der Waals surface area contributed by atoms with Gasteiger partial charge in [0.2, 0.25) is 5.96 Å². The number of carbonyl (C=O) groups excluding carboxylic acids is 1. The number of amides is 1. The summed E-state index contributed by atoms with van der Waals surface area (Å²) in [6.45, 7) is 10.3. The van der Waals surface area contributed by atoms with E-state index < -0.39 is 0 Å². The van der Waals surface area contributed by atoms with E-state index in [1.165, 1.54) is 0 Å². The van der Waals surface area contributed by atoms with Crippen LogP contribution in [0.15, 0.2) is 65.3 Å². The largest absolute Gasteiger partial charge is 0.341 e. The van der Waals surface area contributed by atoms with Crippen molar-refractivity contribution in [1.82, 2.24) is 4.90 Å². The van der Waals surface area contributed by atoms with Gasteiger partial charge in [-0.15, -0.1) is 0 Å². The van der Waals surface area contributed by atoms with Gasteiger partial charge in [-0.2, -0.15) is 0 Å². The van der Waals surface area contributed by atoms with Gasteiger partial charge in [-0.25, -0.2) is 9.89 Å². The molecule has 2 aromatic carbocycles. The molecule has 1 aliphatic heterocycles. The number of rotatable bonds is 6. The Labute approximate surface area is 178 Å². The molecule has 0 atom stereocenters. The van der Waals surface area contributed by atoms with E-state index in [0.717, 1.165) is 24.3 Å². The maximum atomic E-state index is 13.4. The van der Waals surface area contributed by atoms with Crippen LogP contribution in [0.4, 0.5) is 5.69 Å². The van der Waals surface area contributed by atoms with Crippen LogP contribution in [0, 0.1) is 11.8 Å². The van der Waals surface area contributed by atoms with Crippen LogP contribution in [0.1, 0.15) is 33.3 Å². The summed E-state index contributed by atoms with van der Waals surface area (Å²) >= 11 is 6.23. The zero-order valence-electron chi connectivity index (χ0n) is 17.5. The Bertz CT molecular complexity index is 909. The molecule has 0 fully saturated rings. The zero-order chi connectivity index (χ0) is 21.0. The van der Waals surface area contributed by atoms with Crippen LogP contribution in [0.5, 0.6) is 0 Å². The van der Waals surface area contributed by atoms with Gasteiger partial charge >= 0.3 is 0 Å². The lowest BCUT2D eigenvalue weighted by atomic mass is 10.1. The van der Waals surface area contributed by atoms with Gasteiger partial charge in [0, 0.05) is 18.1 Å².